The van der Waals surface area contributed by atoms with Gasteiger partial charge in [-0.2, -0.15) is 0 Å². The topological polar surface area (TPSA) is 101 Å². The molecule has 0 aromatic carbocycles. The van der Waals surface area contributed by atoms with Crippen molar-refractivity contribution in [3.05, 3.63) is 0 Å². The number of carboxylic acid groups (broad SMARTS) is 1. The second-order valence-corrected chi connectivity index (χ2v) is 9.52. The van der Waals surface area contributed by atoms with E-state index in [1.807, 2.05) is 0 Å². The van der Waals surface area contributed by atoms with Gasteiger partial charge in [-0.05, 0) is 6.42 Å². The minimum absolute atomic E-state index is 0.0694. The lowest BCUT2D eigenvalue weighted by Crippen LogP contribution is -2.32. The Bertz CT molecular complexity index is 368. The van der Waals surface area contributed by atoms with Gasteiger partial charge in [-0.1, -0.05) is 122 Å². The fourth-order valence-corrected chi connectivity index (χ4v) is 4.11. The summed E-state index contributed by atoms with van der Waals surface area (Å²) in [6.45, 7) is 4.04. The molecule has 0 fully saturated rings. The van der Waals surface area contributed by atoms with E-state index >= 15 is 0 Å². The number of aliphatic hydroxyl groups excluding tert-OH is 3. The summed E-state index contributed by atoms with van der Waals surface area (Å²) < 4.78 is 0. The first kappa shape index (κ1) is 35.5. The molecule has 0 aromatic rings. The van der Waals surface area contributed by atoms with Gasteiger partial charge in [0.15, 0.2) is 0 Å². The molecule has 34 heavy (non-hydrogen) atoms. The molecule has 206 valence electrons. The lowest BCUT2D eigenvalue weighted by Gasteiger charge is -2.17. The number of nitrogens with zero attached hydrogens (tertiary/aromatic N) is 1. The Hall–Kier alpha value is -0.690. The number of hydrogen-bond acceptors (Lipinski definition) is 5. The van der Waals surface area contributed by atoms with Crippen LogP contribution in [0.5, 0.6) is 0 Å². The molecule has 0 spiro atoms. The molecule has 0 bridgehead atoms. The average molecular weight is 490 g/mol. The Morgan fingerprint density at radius 3 is 1.00 bits per heavy atom. The van der Waals surface area contributed by atoms with Crippen LogP contribution in [0, 0.1) is 0 Å². The first-order valence-corrected chi connectivity index (χ1v) is 14.4. The fourth-order valence-electron chi connectivity index (χ4n) is 4.11. The molecular weight excluding hydrogens is 430 g/mol. The molecule has 0 saturated carbocycles. The maximum Gasteiger partial charge on any atom is 0.303 e. The number of aliphatic hydroxyl groups is 3. The highest BCUT2D eigenvalue weighted by molar-refractivity contribution is 5.66. The lowest BCUT2D eigenvalue weighted by atomic mass is 10.0. The predicted molar refractivity (Wildman–Crippen MR) is 143 cm³/mol. The van der Waals surface area contributed by atoms with E-state index in [0.29, 0.717) is 26.1 Å². The zero-order chi connectivity index (χ0) is 25.5. The van der Waals surface area contributed by atoms with Crippen LogP contribution in [-0.2, 0) is 4.79 Å². The summed E-state index contributed by atoms with van der Waals surface area (Å²) in [5, 5.41) is 34.0. The molecular formula is C28H59NO5. The second kappa shape index (κ2) is 32.3. The molecule has 0 atom stereocenters. The van der Waals surface area contributed by atoms with E-state index in [4.69, 9.17) is 20.4 Å². The summed E-state index contributed by atoms with van der Waals surface area (Å²) in [6, 6.07) is 0. The Morgan fingerprint density at radius 2 is 0.765 bits per heavy atom. The standard InChI is InChI=1S/C22H44O2.C6H15NO3/c1-2-3-4-5-6-7-8-9-10-11-12-13-14-15-16-17-18-19-20-21-22(23)24;8-4-1-7(2-5-9)3-6-10/h2-21H2,1H3,(H,23,24);8-10H,1-6H2. The van der Waals surface area contributed by atoms with Gasteiger partial charge >= 0.3 is 5.97 Å². The molecule has 0 radical (unpaired) electrons. The smallest absolute Gasteiger partial charge is 0.303 e. The molecule has 0 rings (SSSR count). The van der Waals surface area contributed by atoms with Gasteiger partial charge in [-0.25, -0.2) is 0 Å². The number of carbonyl (C=O) groups is 1. The number of unbranched alkanes of at least 4 members (excludes halogenated alkanes) is 18. The van der Waals surface area contributed by atoms with Crippen molar-refractivity contribution >= 4 is 5.97 Å². The summed E-state index contributed by atoms with van der Waals surface area (Å²) in [7, 11) is 0. The zero-order valence-corrected chi connectivity index (χ0v) is 22.5. The molecule has 0 aliphatic heterocycles. The molecule has 6 heteroatoms. The number of hydrogen-bond donors (Lipinski definition) is 4. The average Bonchev–Trinajstić information content (AvgIpc) is 2.81. The highest BCUT2D eigenvalue weighted by atomic mass is 16.4. The summed E-state index contributed by atoms with van der Waals surface area (Å²) in [4.78, 5) is 12.2. The van der Waals surface area contributed by atoms with Crippen LogP contribution in [0.4, 0.5) is 0 Å². The van der Waals surface area contributed by atoms with E-state index in [-0.39, 0.29) is 19.8 Å². The maximum atomic E-state index is 10.4. The van der Waals surface area contributed by atoms with Crippen LogP contribution in [0.2, 0.25) is 0 Å². The second-order valence-electron chi connectivity index (χ2n) is 9.52. The van der Waals surface area contributed by atoms with Crippen LogP contribution >= 0.6 is 0 Å². The molecule has 0 unspecified atom stereocenters. The molecule has 0 aliphatic rings. The highest BCUT2D eigenvalue weighted by Gasteiger charge is 2.00. The Labute approximate surface area is 211 Å². The summed E-state index contributed by atoms with van der Waals surface area (Å²) in [5.74, 6) is -0.651. The van der Waals surface area contributed by atoms with Crippen molar-refractivity contribution in [2.45, 2.75) is 135 Å². The third-order valence-corrected chi connectivity index (χ3v) is 6.24. The molecule has 0 heterocycles. The van der Waals surface area contributed by atoms with E-state index in [1.54, 1.807) is 4.90 Å². The van der Waals surface area contributed by atoms with Crippen LogP contribution in [0.15, 0.2) is 0 Å². The van der Waals surface area contributed by atoms with Crippen LogP contribution < -0.4 is 0 Å². The van der Waals surface area contributed by atoms with Gasteiger partial charge in [0.05, 0.1) is 19.8 Å². The first-order valence-electron chi connectivity index (χ1n) is 14.4. The minimum atomic E-state index is -0.651. The van der Waals surface area contributed by atoms with Crippen molar-refractivity contribution in [3.8, 4) is 0 Å². The van der Waals surface area contributed by atoms with E-state index in [9.17, 15) is 4.79 Å². The molecule has 6 nitrogen and oxygen atoms in total. The van der Waals surface area contributed by atoms with Crippen molar-refractivity contribution < 1.29 is 25.2 Å². The number of carboxylic acids is 1. The molecule has 0 amide bonds. The van der Waals surface area contributed by atoms with Gasteiger partial charge in [-0.3, -0.25) is 9.69 Å². The largest absolute Gasteiger partial charge is 0.481 e. The molecule has 0 aliphatic carbocycles. The number of rotatable bonds is 26. The quantitative estimate of drug-likeness (QED) is 0.109. The van der Waals surface area contributed by atoms with Gasteiger partial charge in [0.2, 0.25) is 0 Å². The zero-order valence-electron chi connectivity index (χ0n) is 22.5. The summed E-state index contributed by atoms with van der Waals surface area (Å²) in [5.41, 5.74) is 0. The van der Waals surface area contributed by atoms with E-state index < -0.39 is 5.97 Å². The maximum absolute atomic E-state index is 10.4. The van der Waals surface area contributed by atoms with Gasteiger partial charge in [-0.15, -0.1) is 0 Å². The van der Waals surface area contributed by atoms with Crippen molar-refractivity contribution in [2.24, 2.45) is 0 Å². The third-order valence-electron chi connectivity index (χ3n) is 6.24. The first-order chi connectivity index (χ1) is 16.6. The molecule has 0 aromatic heterocycles. The van der Waals surface area contributed by atoms with Crippen LogP contribution in [-0.4, -0.2) is 70.8 Å². The fraction of sp³-hybridized carbons (Fsp3) is 0.964. The van der Waals surface area contributed by atoms with E-state index in [0.717, 1.165) is 12.8 Å². The highest BCUT2D eigenvalue weighted by Crippen LogP contribution is 2.14. The van der Waals surface area contributed by atoms with Gasteiger partial charge in [0, 0.05) is 26.1 Å². The Kier molecular flexibility index (Phi) is 33.7. The van der Waals surface area contributed by atoms with E-state index in [1.165, 1.54) is 109 Å². The van der Waals surface area contributed by atoms with Crippen LogP contribution in [0.3, 0.4) is 0 Å². The van der Waals surface area contributed by atoms with E-state index in [2.05, 4.69) is 6.92 Å². The third kappa shape index (κ3) is 33.5. The molecule has 0 saturated heterocycles. The lowest BCUT2D eigenvalue weighted by molar-refractivity contribution is -0.137. The monoisotopic (exact) mass is 489 g/mol. The number of aliphatic carboxylic acids is 1. The summed E-state index contributed by atoms with van der Waals surface area (Å²) in [6.07, 6.45) is 26.1. The van der Waals surface area contributed by atoms with Crippen molar-refractivity contribution in [1.29, 1.82) is 0 Å². The van der Waals surface area contributed by atoms with Crippen LogP contribution in [0.1, 0.15) is 135 Å². The van der Waals surface area contributed by atoms with Crippen molar-refractivity contribution in [1.82, 2.24) is 4.90 Å². The van der Waals surface area contributed by atoms with Crippen molar-refractivity contribution in [2.75, 3.05) is 39.5 Å². The molecule has 4 N–H and O–H groups in total. The summed E-state index contributed by atoms with van der Waals surface area (Å²) >= 11 is 0. The minimum Gasteiger partial charge on any atom is -0.481 e. The van der Waals surface area contributed by atoms with Gasteiger partial charge in [0.25, 0.3) is 0 Å². The normalized spacial score (nSPS) is 11.0. The van der Waals surface area contributed by atoms with Gasteiger partial charge < -0.3 is 20.4 Å². The van der Waals surface area contributed by atoms with Crippen LogP contribution in [0.25, 0.3) is 0 Å². The van der Waals surface area contributed by atoms with Gasteiger partial charge in [0.1, 0.15) is 0 Å². The Morgan fingerprint density at radius 1 is 0.500 bits per heavy atom. The van der Waals surface area contributed by atoms with Crippen molar-refractivity contribution in [3.63, 3.8) is 0 Å². The SMILES string of the molecule is CCCCCCCCCCCCCCCCCCCCCC(=O)O.OCCN(CCO)CCO. The predicted octanol–water partition coefficient (Wildman–Crippen LogP) is 6.16. The Balaban J connectivity index is 0.